The summed E-state index contributed by atoms with van der Waals surface area (Å²) < 4.78 is 11.1. The molecule has 1 aromatic rings. The van der Waals surface area contributed by atoms with Crippen molar-refractivity contribution in [3.05, 3.63) is 65.5 Å². The van der Waals surface area contributed by atoms with Gasteiger partial charge in [0.2, 0.25) is 5.91 Å². The van der Waals surface area contributed by atoms with E-state index in [0.29, 0.717) is 13.0 Å². The van der Waals surface area contributed by atoms with Crippen LogP contribution in [0.4, 0.5) is 4.79 Å². The van der Waals surface area contributed by atoms with Crippen LogP contribution in [0.25, 0.3) is 0 Å². The van der Waals surface area contributed by atoms with E-state index in [1.807, 2.05) is 36.4 Å². The molecule has 0 aromatic heterocycles. The zero-order valence-corrected chi connectivity index (χ0v) is 15.4. The Bertz CT molecular complexity index is 765. The number of allylic oxidation sites excluding steroid dienone is 4. The lowest BCUT2D eigenvalue weighted by molar-refractivity contribution is -0.118. The van der Waals surface area contributed by atoms with Crippen molar-refractivity contribution in [2.45, 2.75) is 24.5 Å². The molecule has 1 N–H and O–H groups in total. The molecular weight excluding hydrogens is 350 g/mol. The van der Waals surface area contributed by atoms with Gasteiger partial charge in [0, 0.05) is 6.42 Å². The lowest BCUT2D eigenvalue weighted by Gasteiger charge is -2.09. The van der Waals surface area contributed by atoms with Crippen LogP contribution in [-0.2, 0) is 16.0 Å². The molecule has 1 unspecified atom stereocenters. The van der Waals surface area contributed by atoms with Gasteiger partial charge in [-0.2, -0.15) is 0 Å². The number of imide groups is 1. The minimum absolute atomic E-state index is 0.213. The second-order valence-corrected chi connectivity index (χ2v) is 7.17. The molecule has 0 bridgehead atoms. The van der Waals surface area contributed by atoms with Gasteiger partial charge in [0.05, 0.1) is 19.0 Å². The van der Waals surface area contributed by atoms with Crippen molar-refractivity contribution in [1.82, 2.24) is 5.32 Å². The van der Waals surface area contributed by atoms with Gasteiger partial charge in [-0.25, -0.2) is 0 Å². The Labute approximate surface area is 157 Å². The van der Waals surface area contributed by atoms with Crippen molar-refractivity contribution in [2.24, 2.45) is 0 Å². The van der Waals surface area contributed by atoms with E-state index in [1.54, 1.807) is 7.11 Å². The Morgan fingerprint density at radius 2 is 2.04 bits per heavy atom. The molecule has 136 valence electrons. The maximum Gasteiger partial charge on any atom is 0.286 e. The normalized spacial score (nSPS) is 19.5. The lowest BCUT2D eigenvalue weighted by atomic mass is 10.1. The number of nitrogens with one attached hydrogen (secondary N) is 1. The molecule has 5 nitrogen and oxygen atoms in total. The van der Waals surface area contributed by atoms with Crippen molar-refractivity contribution in [1.29, 1.82) is 0 Å². The topological polar surface area (TPSA) is 64.6 Å². The Kier molecular flexibility index (Phi) is 6.17. The minimum atomic E-state index is -0.341. The molecule has 0 spiro atoms. The molecule has 1 fully saturated rings. The Morgan fingerprint density at radius 1 is 1.23 bits per heavy atom. The second kappa shape index (κ2) is 8.76. The first-order valence-corrected chi connectivity index (χ1v) is 9.36. The van der Waals surface area contributed by atoms with Gasteiger partial charge in [0.1, 0.15) is 11.5 Å². The molecule has 2 amide bonds. The molecule has 1 saturated heterocycles. The number of carbonyl (C=O) groups excluding carboxylic acids is 2. The maximum atomic E-state index is 11.6. The molecule has 1 aliphatic heterocycles. The number of methoxy groups -OCH3 is 1. The summed E-state index contributed by atoms with van der Waals surface area (Å²) in [5.74, 6) is 1.45. The van der Waals surface area contributed by atoms with Gasteiger partial charge >= 0.3 is 0 Å². The third-order valence-corrected chi connectivity index (χ3v) is 5.10. The smallest absolute Gasteiger partial charge is 0.286 e. The minimum Gasteiger partial charge on any atom is -0.497 e. The van der Waals surface area contributed by atoms with Gasteiger partial charge in [0.15, 0.2) is 0 Å². The van der Waals surface area contributed by atoms with Gasteiger partial charge in [-0.3, -0.25) is 14.9 Å². The summed E-state index contributed by atoms with van der Waals surface area (Å²) in [7, 11) is 1.67. The molecule has 6 heteroatoms. The third-order valence-electron chi connectivity index (χ3n) is 4.12. The Balaban J connectivity index is 1.49. The van der Waals surface area contributed by atoms with Crippen molar-refractivity contribution < 1.29 is 19.1 Å². The van der Waals surface area contributed by atoms with Crippen molar-refractivity contribution in [2.75, 3.05) is 13.7 Å². The van der Waals surface area contributed by atoms with Crippen LogP contribution in [0.5, 0.6) is 5.75 Å². The number of benzene rings is 1. The van der Waals surface area contributed by atoms with Crippen LogP contribution >= 0.6 is 11.8 Å². The number of ether oxygens (including phenoxy) is 2. The van der Waals surface area contributed by atoms with Crippen LogP contribution in [0, 0.1) is 0 Å². The summed E-state index contributed by atoms with van der Waals surface area (Å²) in [4.78, 5) is 22.8. The van der Waals surface area contributed by atoms with E-state index < -0.39 is 0 Å². The molecule has 1 atom stereocenters. The third kappa shape index (κ3) is 5.02. The molecule has 1 aliphatic carbocycles. The van der Waals surface area contributed by atoms with Crippen molar-refractivity contribution >= 4 is 22.9 Å². The van der Waals surface area contributed by atoms with Gasteiger partial charge in [0.25, 0.3) is 5.24 Å². The van der Waals surface area contributed by atoms with Gasteiger partial charge < -0.3 is 9.47 Å². The molecule has 3 rings (SSSR count). The lowest BCUT2D eigenvalue weighted by Crippen LogP contribution is -2.25. The van der Waals surface area contributed by atoms with E-state index in [1.165, 1.54) is 5.57 Å². The van der Waals surface area contributed by atoms with Crippen LogP contribution in [0.15, 0.2) is 59.9 Å². The summed E-state index contributed by atoms with van der Waals surface area (Å²) in [6.45, 7) is 0.571. The zero-order chi connectivity index (χ0) is 18.4. The van der Waals surface area contributed by atoms with E-state index in [2.05, 4.69) is 17.5 Å². The maximum absolute atomic E-state index is 11.6. The van der Waals surface area contributed by atoms with Crippen LogP contribution in [-0.4, -0.2) is 30.1 Å². The Morgan fingerprint density at radius 3 is 2.73 bits per heavy atom. The fraction of sp³-hybridized carbons (Fsp3) is 0.300. The highest BCUT2D eigenvalue weighted by molar-refractivity contribution is 8.15. The monoisotopic (exact) mass is 371 g/mol. The van der Waals surface area contributed by atoms with Crippen molar-refractivity contribution in [3.63, 3.8) is 0 Å². The first kappa shape index (κ1) is 18.3. The van der Waals surface area contributed by atoms with E-state index in [-0.39, 0.29) is 16.4 Å². The second-order valence-electron chi connectivity index (χ2n) is 6.00. The summed E-state index contributed by atoms with van der Waals surface area (Å²) in [6, 6.07) is 7.66. The van der Waals surface area contributed by atoms with Gasteiger partial charge in [-0.1, -0.05) is 36.0 Å². The summed E-state index contributed by atoms with van der Waals surface area (Å²) in [5.41, 5.74) is 2.17. The predicted octanol–water partition coefficient (Wildman–Crippen LogP) is 3.77. The fourth-order valence-electron chi connectivity index (χ4n) is 2.74. The molecule has 1 aromatic carbocycles. The highest BCUT2D eigenvalue weighted by Gasteiger charge is 2.31. The van der Waals surface area contributed by atoms with E-state index in [0.717, 1.165) is 41.7 Å². The fourth-order valence-corrected chi connectivity index (χ4v) is 3.60. The zero-order valence-electron chi connectivity index (χ0n) is 14.6. The van der Waals surface area contributed by atoms with E-state index in [4.69, 9.17) is 9.47 Å². The average molecular weight is 371 g/mol. The standard InChI is InChI=1S/C20H21NO4S/c1-24-17-5-3-2-4-14(12-17)10-11-25-16-8-6-15(7-9-16)13-18-19(22)21-20(23)26-18/h2,4-9,12,18H,3,10-11,13H2,1H3,(H,21,22,23). The number of amides is 2. The van der Waals surface area contributed by atoms with Gasteiger partial charge in [-0.05, 0) is 48.3 Å². The molecule has 1 heterocycles. The van der Waals surface area contributed by atoms with Crippen LogP contribution in [0.2, 0.25) is 0 Å². The molecule has 2 aliphatic rings. The summed E-state index contributed by atoms with van der Waals surface area (Å²) in [5, 5.41) is 1.69. The first-order chi connectivity index (χ1) is 12.6. The SMILES string of the molecule is COC1=CCC=CC(CCOc2ccc(CC3SC(=O)NC3=O)cc2)=C1. The number of rotatable bonds is 7. The highest BCUT2D eigenvalue weighted by atomic mass is 32.2. The summed E-state index contributed by atoms with van der Waals surface area (Å²) >= 11 is 1.05. The van der Waals surface area contributed by atoms with Crippen LogP contribution in [0.1, 0.15) is 18.4 Å². The number of thioether (sulfide) groups is 1. The quantitative estimate of drug-likeness (QED) is 0.790. The van der Waals surface area contributed by atoms with Crippen molar-refractivity contribution in [3.8, 4) is 5.75 Å². The number of hydrogen-bond donors (Lipinski definition) is 1. The van der Waals surface area contributed by atoms with E-state index in [9.17, 15) is 9.59 Å². The number of carbonyl (C=O) groups is 2. The Hall–Kier alpha value is -2.47. The highest BCUT2D eigenvalue weighted by Crippen LogP contribution is 2.24. The molecule has 26 heavy (non-hydrogen) atoms. The van der Waals surface area contributed by atoms with Crippen LogP contribution in [0.3, 0.4) is 0 Å². The molecular formula is C20H21NO4S. The van der Waals surface area contributed by atoms with Crippen LogP contribution < -0.4 is 10.1 Å². The van der Waals surface area contributed by atoms with Gasteiger partial charge in [-0.15, -0.1) is 0 Å². The summed E-state index contributed by atoms with van der Waals surface area (Å²) in [6.07, 6.45) is 10.5. The predicted molar refractivity (Wildman–Crippen MR) is 102 cm³/mol. The molecule has 0 radical (unpaired) electrons. The largest absolute Gasteiger partial charge is 0.497 e. The first-order valence-electron chi connectivity index (χ1n) is 8.48. The van der Waals surface area contributed by atoms with E-state index >= 15 is 0 Å². The molecule has 0 saturated carbocycles. The number of hydrogen-bond acceptors (Lipinski definition) is 5. The average Bonchev–Trinajstić information content (AvgIpc) is 2.83.